The van der Waals surface area contributed by atoms with Gasteiger partial charge in [-0.25, -0.2) is 13.2 Å². The van der Waals surface area contributed by atoms with Gasteiger partial charge in [-0.3, -0.25) is 14.9 Å². The van der Waals surface area contributed by atoms with Crippen molar-refractivity contribution in [3.05, 3.63) is 64.4 Å². The molecule has 2 aliphatic heterocycles. The summed E-state index contributed by atoms with van der Waals surface area (Å²) >= 11 is 5.60. The van der Waals surface area contributed by atoms with Gasteiger partial charge in [0, 0.05) is 36.8 Å². The molecule has 5 nitrogen and oxygen atoms in total. The fraction of sp³-hybridized carbons (Fsp3) is 0.273. The van der Waals surface area contributed by atoms with Crippen LogP contribution in [0, 0.1) is 17.5 Å². The van der Waals surface area contributed by atoms with Crippen molar-refractivity contribution in [3.8, 4) is 0 Å². The first-order valence-electron chi connectivity index (χ1n) is 9.80. The predicted molar refractivity (Wildman–Crippen MR) is 112 cm³/mol. The van der Waals surface area contributed by atoms with Crippen LogP contribution < -0.4 is 15.5 Å². The Labute approximate surface area is 181 Å². The normalized spacial score (nSPS) is 19.2. The quantitative estimate of drug-likeness (QED) is 0.540. The van der Waals surface area contributed by atoms with E-state index in [1.165, 1.54) is 6.07 Å². The highest BCUT2D eigenvalue weighted by atomic mass is 35.5. The monoisotopic (exact) mass is 449 g/mol. The summed E-state index contributed by atoms with van der Waals surface area (Å²) in [6.07, 6.45) is 2.80. The highest BCUT2D eigenvalue weighted by Gasteiger charge is 2.26. The van der Waals surface area contributed by atoms with Crippen LogP contribution in [-0.4, -0.2) is 30.9 Å². The molecule has 2 aromatic rings. The number of hydrogen-bond acceptors (Lipinski definition) is 4. The standard InChI is InChI=1S/C22H19ClF3N3O2/c23-15-10-18(26)20(11-17(15)25)29-7-5-12(6-8-29)14-2-1-13(9-16(14)24)27-19-3-4-21(30)28-22(19)31/h1-2,5,9-11,19,27H,3-4,6-8H2,(H,28,30,31). The highest BCUT2D eigenvalue weighted by molar-refractivity contribution is 6.30. The van der Waals surface area contributed by atoms with Crippen LogP contribution in [0.25, 0.3) is 5.57 Å². The van der Waals surface area contributed by atoms with Gasteiger partial charge < -0.3 is 10.2 Å². The second-order valence-electron chi connectivity index (χ2n) is 7.49. The smallest absolute Gasteiger partial charge is 0.249 e. The van der Waals surface area contributed by atoms with Crippen molar-refractivity contribution in [2.45, 2.75) is 25.3 Å². The third kappa shape index (κ3) is 4.54. The van der Waals surface area contributed by atoms with Gasteiger partial charge in [0.25, 0.3) is 0 Å². The van der Waals surface area contributed by atoms with Gasteiger partial charge in [-0.05, 0) is 42.7 Å². The molecule has 31 heavy (non-hydrogen) atoms. The number of nitrogens with zero attached hydrogens (tertiary/aromatic N) is 1. The van der Waals surface area contributed by atoms with Crippen molar-refractivity contribution < 1.29 is 22.8 Å². The molecule has 4 rings (SSSR count). The molecule has 0 bridgehead atoms. The van der Waals surface area contributed by atoms with Crippen LogP contribution in [-0.2, 0) is 9.59 Å². The molecular formula is C22H19ClF3N3O2. The molecule has 2 aromatic carbocycles. The van der Waals surface area contributed by atoms with Crippen molar-refractivity contribution in [1.82, 2.24) is 5.32 Å². The molecule has 0 aromatic heterocycles. The van der Waals surface area contributed by atoms with Crippen LogP contribution in [0.1, 0.15) is 24.8 Å². The Bertz CT molecular complexity index is 1090. The molecule has 1 saturated heterocycles. The molecule has 2 aliphatic rings. The van der Waals surface area contributed by atoms with E-state index < -0.39 is 29.4 Å². The number of hydrogen-bond donors (Lipinski definition) is 2. The molecular weight excluding hydrogens is 431 g/mol. The van der Waals surface area contributed by atoms with Gasteiger partial charge in [0.2, 0.25) is 11.8 Å². The topological polar surface area (TPSA) is 61.4 Å². The van der Waals surface area contributed by atoms with Crippen LogP contribution in [0.2, 0.25) is 5.02 Å². The Balaban J connectivity index is 1.46. The first-order valence-corrected chi connectivity index (χ1v) is 10.2. The van der Waals surface area contributed by atoms with Crippen molar-refractivity contribution in [2.75, 3.05) is 23.3 Å². The summed E-state index contributed by atoms with van der Waals surface area (Å²) in [7, 11) is 0. The van der Waals surface area contributed by atoms with E-state index in [9.17, 15) is 22.8 Å². The maximum Gasteiger partial charge on any atom is 0.249 e. The van der Waals surface area contributed by atoms with Crippen LogP contribution >= 0.6 is 11.6 Å². The summed E-state index contributed by atoms with van der Waals surface area (Å²) in [6.45, 7) is 0.683. The first kappa shape index (κ1) is 21.2. The van der Waals surface area contributed by atoms with E-state index >= 15 is 0 Å². The SMILES string of the molecule is O=C1CCC(Nc2ccc(C3=CCN(c4cc(F)c(Cl)cc4F)CC3)c(F)c2)C(=O)N1. The van der Waals surface area contributed by atoms with Crippen molar-refractivity contribution in [2.24, 2.45) is 0 Å². The number of piperidine rings is 1. The zero-order valence-corrected chi connectivity index (χ0v) is 17.1. The first-order chi connectivity index (χ1) is 14.8. The van der Waals surface area contributed by atoms with Crippen molar-refractivity contribution in [3.63, 3.8) is 0 Å². The van der Waals surface area contributed by atoms with Crippen LogP contribution in [0.4, 0.5) is 24.5 Å². The summed E-state index contributed by atoms with van der Waals surface area (Å²) in [5.41, 5.74) is 1.72. The molecule has 162 valence electrons. The van der Waals surface area contributed by atoms with Gasteiger partial charge >= 0.3 is 0 Å². The maximum absolute atomic E-state index is 14.8. The average molecular weight is 450 g/mol. The molecule has 1 atom stereocenters. The van der Waals surface area contributed by atoms with Gasteiger partial charge in [0.15, 0.2) is 0 Å². The highest BCUT2D eigenvalue weighted by Crippen LogP contribution is 2.31. The summed E-state index contributed by atoms with van der Waals surface area (Å²) in [5, 5.41) is 4.92. The minimum Gasteiger partial charge on any atom is -0.374 e. The fourth-order valence-corrected chi connectivity index (χ4v) is 3.94. The molecule has 0 spiro atoms. The van der Waals surface area contributed by atoms with E-state index in [2.05, 4.69) is 10.6 Å². The van der Waals surface area contributed by atoms with E-state index in [1.807, 2.05) is 0 Å². The zero-order chi connectivity index (χ0) is 22.1. The summed E-state index contributed by atoms with van der Waals surface area (Å²) in [4.78, 5) is 24.8. The Morgan fingerprint density at radius 2 is 1.84 bits per heavy atom. The lowest BCUT2D eigenvalue weighted by Gasteiger charge is -2.29. The molecule has 1 fully saturated rings. The minimum atomic E-state index is -0.696. The molecule has 2 N–H and O–H groups in total. The number of halogens is 4. The molecule has 0 aliphatic carbocycles. The summed E-state index contributed by atoms with van der Waals surface area (Å²) in [5.74, 6) is -2.51. The van der Waals surface area contributed by atoms with Crippen molar-refractivity contribution >= 4 is 40.4 Å². The fourth-order valence-electron chi connectivity index (χ4n) is 3.78. The van der Waals surface area contributed by atoms with E-state index in [1.54, 1.807) is 23.1 Å². The number of amides is 2. The van der Waals surface area contributed by atoms with E-state index in [-0.39, 0.29) is 23.0 Å². The number of carbonyl (C=O) groups is 2. The van der Waals surface area contributed by atoms with Crippen molar-refractivity contribution in [1.29, 1.82) is 0 Å². The van der Waals surface area contributed by atoms with E-state index in [0.717, 1.165) is 17.7 Å². The number of nitrogens with one attached hydrogen (secondary N) is 2. The lowest BCUT2D eigenvalue weighted by atomic mass is 9.98. The second kappa shape index (κ2) is 8.63. The second-order valence-corrected chi connectivity index (χ2v) is 7.89. The Hall–Kier alpha value is -3.00. The predicted octanol–water partition coefficient (Wildman–Crippen LogP) is 4.27. The molecule has 9 heteroatoms. The Kier molecular flexibility index (Phi) is 5.91. The number of carbonyl (C=O) groups excluding carboxylic acids is 2. The van der Waals surface area contributed by atoms with Gasteiger partial charge in [0.05, 0.1) is 10.7 Å². The third-order valence-corrected chi connectivity index (χ3v) is 5.72. The lowest BCUT2D eigenvalue weighted by molar-refractivity contribution is -0.133. The molecule has 0 saturated carbocycles. The van der Waals surface area contributed by atoms with E-state index in [4.69, 9.17) is 11.6 Å². The van der Waals surface area contributed by atoms with Gasteiger partial charge in [-0.15, -0.1) is 0 Å². The van der Waals surface area contributed by atoms with Crippen LogP contribution in [0.3, 0.4) is 0 Å². The van der Waals surface area contributed by atoms with Gasteiger partial charge in [-0.1, -0.05) is 17.7 Å². The average Bonchev–Trinajstić information content (AvgIpc) is 2.73. The van der Waals surface area contributed by atoms with Crippen LogP contribution in [0.15, 0.2) is 36.4 Å². The van der Waals surface area contributed by atoms with Gasteiger partial charge in [0.1, 0.15) is 23.5 Å². The largest absolute Gasteiger partial charge is 0.374 e. The third-order valence-electron chi connectivity index (χ3n) is 5.43. The molecule has 2 amide bonds. The number of imide groups is 1. The molecule has 0 radical (unpaired) electrons. The number of anilines is 2. The van der Waals surface area contributed by atoms with E-state index in [0.29, 0.717) is 37.2 Å². The number of benzene rings is 2. The minimum absolute atomic E-state index is 0.112. The summed E-state index contributed by atoms with van der Waals surface area (Å²) < 4.78 is 42.6. The molecule has 2 heterocycles. The Morgan fingerprint density at radius 3 is 2.52 bits per heavy atom. The lowest BCUT2D eigenvalue weighted by Crippen LogP contribution is -2.47. The van der Waals surface area contributed by atoms with Gasteiger partial charge in [-0.2, -0.15) is 0 Å². The summed E-state index contributed by atoms with van der Waals surface area (Å²) in [6, 6.07) is 6.00. The van der Waals surface area contributed by atoms with Crippen LogP contribution in [0.5, 0.6) is 0 Å². The maximum atomic E-state index is 14.8. The Morgan fingerprint density at radius 1 is 1.03 bits per heavy atom. The number of rotatable bonds is 4. The molecule has 1 unspecified atom stereocenters. The zero-order valence-electron chi connectivity index (χ0n) is 16.4.